The van der Waals surface area contributed by atoms with Crippen LogP contribution in [0.1, 0.15) is 53.4 Å². The Bertz CT molecular complexity index is 932. The highest BCUT2D eigenvalue weighted by atomic mass is 16.2. The Morgan fingerprint density at radius 2 is 1.32 bits per heavy atom. The molecule has 0 fully saturated rings. The maximum Gasteiger partial charge on any atom is 0.254 e. The first kappa shape index (κ1) is 22.7. The molecule has 0 bridgehead atoms. The maximum atomic E-state index is 13.4. The second-order valence-corrected chi connectivity index (χ2v) is 7.85. The lowest BCUT2D eigenvalue weighted by molar-refractivity contribution is 0.0730. The van der Waals surface area contributed by atoms with Gasteiger partial charge in [-0.3, -0.25) is 14.7 Å². The normalized spacial score (nSPS) is 11.0. The minimum absolute atomic E-state index is 0.0396. The maximum absolute atomic E-state index is 13.4. The van der Waals surface area contributed by atoms with Crippen LogP contribution < -0.4 is 0 Å². The van der Waals surface area contributed by atoms with E-state index >= 15 is 0 Å². The van der Waals surface area contributed by atoms with E-state index in [1.54, 1.807) is 6.20 Å². The SMILES string of the molecule is CCc1ccc(CN(Cc2cccnc2)C(=O)c2ccc(CN(CC)CC)cc2)cc1. The van der Waals surface area contributed by atoms with Crippen LogP contribution in [0.15, 0.2) is 73.1 Å². The zero-order valence-electron chi connectivity index (χ0n) is 18.9. The molecule has 1 heterocycles. The van der Waals surface area contributed by atoms with Crippen molar-refractivity contribution < 1.29 is 4.79 Å². The zero-order chi connectivity index (χ0) is 22.1. The first-order valence-electron chi connectivity index (χ1n) is 11.2. The van der Waals surface area contributed by atoms with E-state index in [9.17, 15) is 4.79 Å². The van der Waals surface area contributed by atoms with Gasteiger partial charge in [-0.2, -0.15) is 0 Å². The van der Waals surface area contributed by atoms with E-state index in [0.29, 0.717) is 13.1 Å². The molecule has 162 valence electrons. The molecule has 0 radical (unpaired) electrons. The molecule has 0 N–H and O–H groups in total. The van der Waals surface area contributed by atoms with Gasteiger partial charge >= 0.3 is 0 Å². The zero-order valence-corrected chi connectivity index (χ0v) is 18.9. The van der Waals surface area contributed by atoms with Gasteiger partial charge in [0.25, 0.3) is 5.91 Å². The molecule has 4 nitrogen and oxygen atoms in total. The summed E-state index contributed by atoms with van der Waals surface area (Å²) < 4.78 is 0. The molecule has 0 unspecified atom stereocenters. The van der Waals surface area contributed by atoms with Gasteiger partial charge in [-0.15, -0.1) is 0 Å². The highest BCUT2D eigenvalue weighted by Crippen LogP contribution is 2.16. The third-order valence-corrected chi connectivity index (χ3v) is 5.69. The van der Waals surface area contributed by atoms with Crippen molar-refractivity contribution in [1.29, 1.82) is 0 Å². The smallest absolute Gasteiger partial charge is 0.254 e. The second kappa shape index (κ2) is 11.4. The fourth-order valence-corrected chi connectivity index (χ4v) is 3.65. The summed E-state index contributed by atoms with van der Waals surface area (Å²) in [5.41, 5.74) is 5.41. The molecule has 1 amide bonds. The molecule has 0 aliphatic rings. The predicted molar refractivity (Wildman–Crippen MR) is 127 cm³/mol. The summed E-state index contributed by atoms with van der Waals surface area (Å²) in [6, 6.07) is 20.5. The Kier molecular flexibility index (Phi) is 8.36. The van der Waals surface area contributed by atoms with Crippen molar-refractivity contribution in [3.63, 3.8) is 0 Å². The van der Waals surface area contributed by atoms with Crippen molar-refractivity contribution >= 4 is 5.91 Å². The molecule has 0 saturated carbocycles. The average Bonchev–Trinajstić information content (AvgIpc) is 2.83. The molecule has 3 aromatic rings. The number of aromatic nitrogens is 1. The van der Waals surface area contributed by atoms with Crippen LogP contribution in [0.25, 0.3) is 0 Å². The molecule has 0 saturated heterocycles. The van der Waals surface area contributed by atoms with E-state index in [-0.39, 0.29) is 5.91 Å². The molecule has 0 aliphatic carbocycles. The van der Waals surface area contributed by atoms with Crippen molar-refractivity contribution in [1.82, 2.24) is 14.8 Å². The third-order valence-electron chi connectivity index (χ3n) is 5.69. The van der Waals surface area contributed by atoms with Crippen LogP contribution in [0.4, 0.5) is 0 Å². The van der Waals surface area contributed by atoms with Crippen LogP contribution in [0.3, 0.4) is 0 Å². The summed E-state index contributed by atoms with van der Waals surface area (Å²) in [4.78, 5) is 21.9. The van der Waals surface area contributed by atoms with E-state index in [0.717, 1.165) is 42.7 Å². The number of carbonyl (C=O) groups excluding carboxylic acids is 1. The molecular formula is C27H33N3O. The van der Waals surface area contributed by atoms with Crippen LogP contribution in [0, 0.1) is 0 Å². The molecule has 0 spiro atoms. The quantitative estimate of drug-likeness (QED) is 0.449. The summed E-state index contributed by atoms with van der Waals surface area (Å²) in [5.74, 6) is 0.0396. The average molecular weight is 416 g/mol. The molecule has 1 aromatic heterocycles. The van der Waals surface area contributed by atoms with Gasteiger partial charge < -0.3 is 4.90 Å². The standard InChI is InChI=1S/C27H33N3O/c1-4-22-9-11-24(12-10-22)20-30(21-25-8-7-17-28-18-25)27(31)26-15-13-23(14-16-26)19-29(5-2)6-3/h7-18H,4-6,19-21H2,1-3H3. The first-order chi connectivity index (χ1) is 15.1. The van der Waals surface area contributed by atoms with Crippen molar-refractivity contribution in [3.8, 4) is 0 Å². The topological polar surface area (TPSA) is 36.4 Å². The van der Waals surface area contributed by atoms with Crippen LogP contribution in [0.2, 0.25) is 0 Å². The van der Waals surface area contributed by atoms with E-state index < -0.39 is 0 Å². The number of nitrogens with zero attached hydrogens (tertiary/aromatic N) is 3. The summed E-state index contributed by atoms with van der Waals surface area (Å²) >= 11 is 0. The molecule has 31 heavy (non-hydrogen) atoms. The lowest BCUT2D eigenvalue weighted by atomic mass is 10.1. The number of rotatable bonds is 10. The van der Waals surface area contributed by atoms with Gasteiger partial charge in [0.15, 0.2) is 0 Å². The van der Waals surface area contributed by atoms with E-state index in [1.807, 2.05) is 35.4 Å². The first-order valence-corrected chi connectivity index (χ1v) is 11.2. The van der Waals surface area contributed by atoms with Crippen molar-refractivity contribution in [2.45, 2.75) is 46.8 Å². The van der Waals surface area contributed by atoms with E-state index in [1.165, 1.54) is 11.1 Å². The van der Waals surface area contributed by atoms with Crippen molar-refractivity contribution in [2.75, 3.05) is 13.1 Å². The van der Waals surface area contributed by atoms with E-state index in [2.05, 4.69) is 67.1 Å². The van der Waals surface area contributed by atoms with Crippen LogP contribution in [-0.4, -0.2) is 33.8 Å². The highest BCUT2D eigenvalue weighted by molar-refractivity contribution is 5.94. The van der Waals surface area contributed by atoms with E-state index in [4.69, 9.17) is 0 Å². The monoisotopic (exact) mass is 415 g/mol. The Hall–Kier alpha value is -2.98. The molecular weight excluding hydrogens is 382 g/mol. The van der Waals surface area contributed by atoms with Gasteiger partial charge in [0.2, 0.25) is 0 Å². The number of carbonyl (C=O) groups is 1. The largest absolute Gasteiger partial charge is 0.330 e. The Morgan fingerprint density at radius 1 is 0.742 bits per heavy atom. The second-order valence-electron chi connectivity index (χ2n) is 7.85. The summed E-state index contributed by atoms with van der Waals surface area (Å²) in [7, 11) is 0. The fraction of sp³-hybridized carbons (Fsp3) is 0.333. The Labute approximate surface area is 186 Å². The van der Waals surface area contributed by atoms with Gasteiger partial charge in [-0.05, 0) is 60.0 Å². The minimum Gasteiger partial charge on any atom is -0.330 e. The molecule has 4 heteroatoms. The van der Waals surface area contributed by atoms with Gasteiger partial charge in [-0.1, -0.05) is 63.2 Å². The molecule has 2 aromatic carbocycles. The van der Waals surface area contributed by atoms with Gasteiger partial charge in [0, 0.05) is 37.6 Å². The van der Waals surface area contributed by atoms with Crippen molar-refractivity contribution in [3.05, 3.63) is 101 Å². The highest BCUT2D eigenvalue weighted by Gasteiger charge is 2.17. The third kappa shape index (κ3) is 6.50. The van der Waals surface area contributed by atoms with Crippen LogP contribution in [0.5, 0.6) is 0 Å². The number of hydrogen-bond donors (Lipinski definition) is 0. The van der Waals surface area contributed by atoms with Crippen LogP contribution >= 0.6 is 0 Å². The number of hydrogen-bond acceptors (Lipinski definition) is 3. The summed E-state index contributed by atoms with van der Waals surface area (Å²) in [5, 5.41) is 0. The minimum atomic E-state index is 0.0396. The van der Waals surface area contributed by atoms with Crippen LogP contribution in [-0.2, 0) is 26.1 Å². The molecule has 0 aliphatic heterocycles. The number of pyridine rings is 1. The lowest BCUT2D eigenvalue weighted by Crippen LogP contribution is -2.30. The number of aryl methyl sites for hydroxylation is 1. The Morgan fingerprint density at radius 3 is 1.90 bits per heavy atom. The van der Waals surface area contributed by atoms with Crippen molar-refractivity contribution in [2.24, 2.45) is 0 Å². The van der Waals surface area contributed by atoms with Gasteiger partial charge in [-0.25, -0.2) is 0 Å². The van der Waals surface area contributed by atoms with Gasteiger partial charge in [0.05, 0.1) is 0 Å². The van der Waals surface area contributed by atoms with Gasteiger partial charge in [0.1, 0.15) is 0 Å². The lowest BCUT2D eigenvalue weighted by Gasteiger charge is -2.24. The molecule has 0 atom stereocenters. The summed E-state index contributed by atoms with van der Waals surface area (Å²) in [6.45, 7) is 10.5. The number of benzene rings is 2. The fourth-order valence-electron chi connectivity index (χ4n) is 3.65. The number of amides is 1. The molecule has 3 rings (SSSR count). The Balaban J connectivity index is 1.79. The summed E-state index contributed by atoms with van der Waals surface area (Å²) in [6.07, 6.45) is 4.60. The predicted octanol–water partition coefficient (Wildman–Crippen LogP) is 5.33.